The quantitative estimate of drug-likeness (QED) is 0.857. The Bertz CT molecular complexity index is 397. The zero-order chi connectivity index (χ0) is 13.0. The zero-order valence-corrected chi connectivity index (χ0v) is 13.3. The number of nitrogens with two attached hydrogens (primary N) is 1. The summed E-state index contributed by atoms with van der Waals surface area (Å²) < 4.78 is 1.07. The molecule has 0 amide bonds. The highest BCUT2D eigenvalue weighted by atomic mass is 79.9. The second-order valence-corrected chi connectivity index (χ2v) is 6.82. The van der Waals surface area contributed by atoms with E-state index >= 15 is 0 Å². The number of anilines is 1. The largest absolute Gasteiger partial charge is 0.398 e. The molecule has 2 N–H and O–H groups in total. The average Bonchev–Trinajstić information content (AvgIpc) is 2.60. The summed E-state index contributed by atoms with van der Waals surface area (Å²) in [5.41, 5.74) is 8.07. The van der Waals surface area contributed by atoms with Crippen LogP contribution < -0.4 is 5.73 Å². The third kappa shape index (κ3) is 3.65. The Morgan fingerprint density at radius 1 is 1.39 bits per heavy atom. The van der Waals surface area contributed by atoms with E-state index in [1.807, 2.05) is 23.9 Å². The maximum atomic E-state index is 5.93. The van der Waals surface area contributed by atoms with Gasteiger partial charge in [-0.25, -0.2) is 0 Å². The van der Waals surface area contributed by atoms with Gasteiger partial charge in [0.15, 0.2) is 0 Å². The maximum absolute atomic E-state index is 5.93. The fourth-order valence-corrected chi connectivity index (χ4v) is 3.61. The number of hydrogen-bond acceptors (Lipinski definition) is 3. The number of halogens is 1. The van der Waals surface area contributed by atoms with Crippen LogP contribution in [0.1, 0.15) is 24.8 Å². The summed E-state index contributed by atoms with van der Waals surface area (Å²) in [5.74, 6) is 0. The fourth-order valence-electron chi connectivity index (χ4n) is 2.48. The first-order chi connectivity index (χ1) is 8.70. The fraction of sp³-hybridized carbons (Fsp3) is 0.571. The number of likely N-dealkylation sites (tertiary alicyclic amines) is 1. The molecule has 1 heterocycles. The summed E-state index contributed by atoms with van der Waals surface area (Å²) in [6.45, 7) is 3.41. The van der Waals surface area contributed by atoms with E-state index in [9.17, 15) is 0 Å². The van der Waals surface area contributed by atoms with Crippen molar-refractivity contribution in [3.63, 3.8) is 0 Å². The number of rotatable bonds is 3. The summed E-state index contributed by atoms with van der Waals surface area (Å²) >= 11 is 5.61. The van der Waals surface area contributed by atoms with E-state index in [1.165, 1.54) is 37.9 Å². The molecule has 1 aromatic rings. The van der Waals surface area contributed by atoms with Gasteiger partial charge >= 0.3 is 0 Å². The van der Waals surface area contributed by atoms with Crippen molar-refractivity contribution >= 4 is 33.4 Å². The summed E-state index contributed by atoms with van der Waals surface area (Å²) in [5, 5.41) is 0.847. The van der Waals surface area contributed by atoms with Crippen LogP contribution in [0.5, 0.6) is 0 Å². The minimum absolute atomic E-state index is 0.837. The standard InChI is InChI=1S/C14H21BrN2S/c1-18-12-5-3-8-17(9-7-12)10-11-4-2-6-13(16)14(11)15/h2,4,6,12H,3,5,7-10,16H2,1H3. The highest BCUT2D eigenvalue weighted by Gasteiger charge is 2.17. The van der Waals surface area contributed by atoms with Gasteiger partial charge in [0.05, 0.1) is 0 Å². The SMILES string of the molecule is CSC1CCCN(Cc2cccc(N)c2Br)CC1. The Hall–Kier alpha value is -0.190. The van der Waals surface area contributed by atoms with Crippen LogP contribution in [0.3, 0.4) is 0 Å². The van der Waals surface area contributed by atoms with E-state index in [0.717, 1.165) is 22.0 Å². The molecule has 1 aromatic carbocycles. The molecule has 1 aliphatic heterocycles. The van der Waals surface area contributed by atoms with Crippen molar-refractivity contribution in [2.45, 2.75) is 31.1 Å². The van der Waals surface area contributed by atoms with Crippen molar-refractivity contribution in [1.82, 2.24) is 4.90 Å². The van der Waals surface area contributed by atoms with Gasteiger partial charge in [-0.1, -0.05) is 12.1 Å². The van der Waals surface area contributed by atoms with E-state index < -0.39 is 0 Å². The molecule has 0 radical (unpaired) electrons. The molecule has 18 heavy (non-hydrogen) atoms. The van der Waals surface area contributed by atoms with Crippen LogP contribution in [0.25, 0.3) is 0 Å². The lowest BCUT2D eigenvalue weighted by atomic mass is 10.2. The summed E-state index contributed by atoms with van der Waals surface area (Å²) in [7, 11) is 0. The lowest BCUT2D eigenvalue weighted by Crippen LogP contribution is -2.24. The van der Waals surface area contributed by atoms with E-state index in [4.69, 9.17) is 5.73 Å². The van der Waals surface area contributed by atoms with Crippen molar-refractivity contribution < 1.29 is 0 Å². The van der Waals surface area contributed by atoms with Crippen LogP contribution in [0.2, 0.25) is 0 Å². The topological polar surface area (TPSA) is 29.3 Å². The van der Waals surface area contributed by atoms with Crippen LogP contribution in [-0.2, 0) is 6.54 Å². The molecule has 0 bridgehead atoms. The van der Waals surface area contributed by atoms with Gasteiger partial charge in [0.2, 0.25) is 0 Å². The van der Waals surface area contributed by atoms with Crippen molar-refractivity contribution in [1.29, 1.82) is 0 Å². The second kappa shape index (κ2) is 6.83. The Morgan fingerprint density at radius 3 is 3.00 bits per heavy atom. The zero-order valence-electron chi connectivity index (χ0n) is 10.9. The first-order valence-corrected chi connectivity index (χ1v) is 8.57. The van der Waals surface area contributed by atoms with Crippen molar-refractivity contribution in [3.8, 4) is 0 Å². The molecule has 2 rings (SSSR count). The predicted octanol–water partition coefficient (Wildman–Crippen LogP) is 3.75. The highest BCUT2D eigenvalue weighted by molar-refractivity contribution is 9.10. The Labute approximate surface area is 122 Å². The maximum Gasteiger partial charge on any atom is 0.0461 e. The molecule has 0 saturated carbocycles. The molecule has 0 spiro atoms. The van der Waals surface area contributed by atoms with Gasteiger partial charge in [-0.2, -0.15) is 11.8 Å². The molecule has 1 unspecified atom stereocenters. The average molecular weight is 329 g/mol. The number of nitrogens with zero attached hydrogens (tertiary/aromatic N) is 1. The van der Waals surface area contributed by atoms with Crippen LogP contribution >= 0.6 is 27.7 Å². The normalized spacial score (nSPS) is 21.8. The van der Waals surface area contributed by atoms with Gasteiger partial charge in [0, 0.05) is 22.0 Å². The van der Waals surface area contributed by atoms with Gasteiger partial charge in [0.25, 0.3) is 0 Å². The molecule has 1 aliphatic rings. The lowest BCUT2D eigenvalue weighted by molar-refractivity contribution is 0.277. The van der Waals surface area contributed by atoms with Crippen molar-refractivity contribution in [2.24, 2.45) is 0 Å². The van der Waals surface area contributed by atoms with E-state index in [1.54, 1.807) is 0 Å². The minimum atomic E-state index is 0.837. The monoisotopic (exact) mass is 328 g/mol. The van der Waals surface area contributed by atoms with Crippen molar-refractivity contribution in [3.05, 3.63) is 28.2 Å². The third-order valence-corrected chi connectivity index (χ3v) is 5.71. The minimum Gasteiger partial charge on any atom is -0.398 e. The van der Waals surface area contributed by atoms with Gasteiger partial charge in [-0.15, -0.1) is 0 Å². The molecule has 2 nitrogen and oxygen atoms in total. The van der Waals surface area contributed by atoms with Crippen LogP contribution in [-0.4, -0.2) is 29.5 Å². The Kier molecular flexibility index (Phi) is 5.39. The molecule has 4 heteroatoms. The second-order valence-electron chi connectivity index (χ2n) is 4.89. The summed E-state index contributed by atoms with van der Waals surface area (Å²) in [6, 6.07) is 6.15. The first-order valence-electron chi connectivity index (χ1n) is 6.48. The molecule has 1 saturated heterocycles. The molecule has 1 atom stereocenters. The molecule has 0 aliphatic carbocycles. The van der Waals surface area contributed by atoms with Gasteiger partial charge < -0.3 is 5.73 Å². The molecular formula is C14H21BrN2S. The van der Waals surface area contributed by atoms with Gasteiger partial charge in [-0.05, 0) is 66.2 Å². The number of benzene rings is 1. The number of hydrogen-bond donors (Lipinski definition) is 1. The van der Waals surface area contributed by atoms with Crippen molar-refractivity contribution in [2.75, 3.05) is 25.1 Å². The molecule has 1 fully saturated rings. The van der Waals surface area contributed by atoms with Crippen LogP contribution in [0, 0.1) is 0 Å². The smallest absolute Gasteiger partial charge is 0.0461 e. The number of nitrogen functional groups attached to an aromatic ring is 1. The predicted molar refractivity (Wildman–Crippen MR) is 85.0 cm³/mol. The van der Waals surface area contributed by atoms with E-state index in [0.29, 0.717) is 0 Å². The molecule has 0 aromatic heterocycles. The van der Waals surface area contributed by atoms with Crippen LogP contribution in [0.15, 0.2) is 22.7 Å². The Morgan fingerprint density at radius 2 is 2.22 bits per heavy atom. The highest BCUT2D eigenvalue weighted by Crippen LogP contribution is 2.27. The first kappa shape index (κ1) is 14.2. The summed E-state index contributed by atoms with van der Waals surface area (Å²) in [4.78, 5) is 2.55. The third-order valence-electron chi connectivity index (χ3n) is 3.60. The van der Waals surface area contributed by atoms with E-state index in [-0.39, 0.29) is 0 Å². The Balaban J connectivity index is 1.99. The van der Waals surface area contributed by atoms with E-state index in [2.05, 4.69) is 33.2 Å². The molecule has 100 valence electrons. The number of thioether (sulfide) groups is 1. The van der Waals surface area contributed by atoms with Gasteiger partial charge in [-0.3, -0.25) is 4.90 Å². The summed E-state index contributed by atoms with van der Waals surface area (Å²) in [6.07, 6.45) is 6.21. The molecular weight excluding hydrogens is 308 g/mol. The van der Waals surface area contributed by atoms with Gasteiger partial charge in [0.1, 0.15) is 0 Å². The van der Waals surface area contributed by atoms with Crippen LogP contribution in [0.4, 0.5) is 5.69 Å². The lowest BCUT2D eigenvalue weighted by Gasteiger charge is -2.21.